The number of fused-ring (bicyclic) bond motifs is 4. The van der Waals surface area contributed by atoms with Gasteiger partial charge in [0.2, 0.25) is 0 Å². The van der Waals surface area contributed by atoms with E-state index in [2.05, 4.69) is 10.1 Å². The minimum Gasteiger partial charge on any atom is -0.267 e. The van der Waals surface area contributed by atoms with Gasteiger partial charge < -0.3 is 0 Å². The Kier molecular flexibility index (Phi) is 2.46. The summed E-state index contributed by atoms with van der Waals surface area (Å²) in [5.74, 6) is -0.492. The summed E-state index contributed by atoms with van der Waals surface area (Å²) in [6.07, 6.45) is 0. The Hall–Kier alpha value is -2.53. The first kappa shape index (κ1) is 12.2. The molecule has 0 fully saturated rings. The molecule has 102 valence electrons. The van der Waals surface area contributed by atoms with Crippen molar-refractivity contribution in [3.63, 3.8) is 0 Å². The van der Waals surface area contributed by atoms with Gasteiger partial charge in [-0.1, -0.05) is 35.9 Å². The zero-order chi connectivity index (χ0) is 14.6. The average Bonchev–Trinajstić information content (AvgIpc) is 2.50. The van der Waals surface area contributed by atoms with Crippen molar-refractivity contribution >= 4 is 38.9 Å². The highest BCUT2D eigenvalue weighted by atomic mass is 35.5. The standard InChI is InChI=1S/C15H7ClFN3O/c16-13-9-3-1-2-4-10(9)14-18-12-6-5-8(17)7-11(12)15(21)20(14)19-13/h1-7H. The third-order valence-electron chi connectivity index (χ3n) is 3.39. The van der Waals surface area contributed by atoms with Gasteiger partial charge in [0.1, 0.15) is 5.82 Å². The Morgan fingerprint density at radius 1 is 1.05 bits per heavy atom. The van der Waals surface area contributed by atoms with E-state index < -0.39 is 11.4 Å². The highest BCUT2D eigenvalue weighted by molar-refractivity contribution is 6.34. The van der Waals surface area contributed by atoms with Crippen molar-refractivity contribution in [2.75, 3.05) is 0 Å². The molecule has 0 unspecified atom stereocenters. The highest BCUT2D eigenvalue weighted by Crippen LogP contribution is 2.24. The van der Waals surface area contributed by atoms with Crippen LogP contribution in [0.2, 0.25) is 5.15 Å². The molecule has 21 heavy (non-hydrogen) atoms. The van der Waals surface area contributed by atoms with Crippen molar-refractivity contribution in [2.24, 2.45) is 0 Å². The zero-order valence-electron chi connectivity index (χ0n) is 10.5. The van der Waals surface area contributed by atoms with Crippen LogP contribution in [0.4, 0.5) is 4.39 Å². The Morgan fingerprint density at radius 2 is 1.81 bits per heavy atom. The van der Waals surface area contributed by atoms with Gasteiger partial charge in [0.05, 0.1) is 10.9 Å². The van der Waals surface area contributed by atoms with Crippen molar-refractivity contribution in [3.8, 4) is 0 Å². The van der Waals surface area contributed by atoms with E-state index in [0.717, 1.165) is 16.0 Å². The summed E-state index contributed by atoms with van der Waals surface area (Å²) in [5.41, 5.74) is 0.386. The minimum atomic E-state index is -0.492. The summed E-state index contributed by atoms with van der Waals surface area (Å²) in [6, 6.07) is 11.2. The molecule has 2 aromatic carbocycles. The van der Waals surface area contributed by atoms with E-state index >= 15 is 0 Å². The lowest BCUT2D eigenvalue weighted by molar-refractivity contribution is 0.629. The number of halogens is 2. The zero-order valence-corrected chi connectivity index (χ0v) is 11.3. The molecular formula is C15H7ClFN3O. The van der Waals surface area contributed by atoms with Gasteiger partial charge in [-0.3, -0.25) is 4.79 Å². The van der Waals surface area contributed by atoms with Crippen molar-refractivity contribution < 1.29 is 4.39 Å². The van der Waals surface area contributed by atoms with Gasteiger partial charge in [-0.25, -0.2) is 9.37 Å². The molecule has 0 spiro atoms. The van der Waals surface area contributed by atoms with Crippen LogP contribution in [0.3, 0.4) is 0 Å². The fraction of sp³-hybridized carbons (Fsp3) is 0. The van der Waals surface area contributed by atoms with Gasteiger partial charge in [0.25, 0.3) is 5.56 Å². The minimum absolute atomic E-state index is 0.173. The van der Waals surface area contributed by atoms with Crippen LogP contribution < -0.4 is 5.56 Å². The van der Waals surface area contributed by atoms with Crippen LogP contribution in [0.15, 0.2) is 47.3 Å². The van der Waals surface area contributed by atoms with Crippen LogP contribution in [0, 0.1) is 5.82 Å². The normalized spacial score (nSPS) is 11.5. The van der Waals surface area contributed by atoms with E-state index in [9.17, 15) is 9.18 Å². The molecule has 0 amide bonds. The molecule has 2 heterocycles. The smallest absolute Gasteiger partial charge is 0.267 e. The predicted octanol–water partition coefficient (Wildman–Crippen LogP) is 3.19. The van der Waals surface area contributed by atoms with Crippen LogP contribution in [-0.2, 0) is 0 Å². The van der Waals surface area contributed by atoms with Crippen LogP contribution >= 0.6 is 11.6 Å². The van der Waals surface area contributed by atoms with Crippen LogP contribution in [0.25, 0.3) is 27.3 Å². The second-order valence-corrected chi connectivity index (χ2v) is 5.01. The topological polar surface area (TPSA) is 47.3 Å². The van der Waals surface area contributed by atoms with Crippen molar-refractivity contribution in [1.29, 1.82) is 0 Å². The van der Waals surface area contributed by atoms with Crippen LogP contribution in [0.5, 0.6) is 0 Å². The SMILES string of the molecule is O=c1c2cc(F)ccc2nc2c3ccccc3c(Cl)nn12. The van der Waals surface area contributed by atoms with Gasteiger partial charge >= 0.3 is 0 Å². The van der Waals surface area contributed by atoms with Gasteiger partial charge in [-0.05, 0) is 18.2 Å². The lowest BCUT2D eigenvalue weighted by Crippen LogP contribution is -2.18. The van der Waals surface area contributed by atoms with E-state index in [1.165, 1.54) is 12.1 Å². The first-order valence-corrected chi connectivity index (χ1v) is 6.59. The first-order chi connectivity index (χ1) is 10.1. The molecule has 0 aliphatic rings. The van der Waals surface area contributed by atoms with E-state index in [1.807, 2.05) is 24.3 Å². The number of benzene rings is 2. The molecule has 4 rings (SSSR count). The number of hydrogen-bond donors (Lipinski definition) is 0. The molecule has 0 atom stereocenters. The van der Waals surface area contributed by atoms with Gasteiger partial charge in [-0.15, -0.1) is 0 Å². The maximum Gasteiger partial charge on any atom is 0.282 e. The Balaban J connectivity index is 2.34. The molecule has 0 saturated heterocycles. The maximum absolute atomic E-state index is 13.3. The molecule has 6 heteroatoms. The number of rotatable bonds is 0. The molecule has 4 nitrogen and oxygen atoms in total. The average molecular weight is 300 g/mol. The number of aromatic nitrogens is 3. The van der Waals surface area contributed by atoms with Crippen LogP contribution in [0.1, 0.15) is 0 Å². The van der Waals surface area contributed by atoms with E-state index in [-0.39, 0.29) is 10.5 Å². The molecule has 0 N–H and O–H groups in total. The summed E-state index contributed by atoms with van der Waals surface area (Å²) in [5, 5.41) is 5.88. The predicted molar refractivity (Wildman–Crippen MR) is 79.2 cm³/mol. The second-order valence-electron chi connectivity index (χ2n) is 4.65. The second kappa shape index (κ2) is 4.23. The Morgan fingerprint density at radius 3 is 2.62 bits per heavy atom. The number of hydrogen-bond acceptors (Lipinski definition) is 3. The molecule has 0 aliphatic heterocycles. The van der Waals surface area contributed by atoms with Crippen molar-refractivity contribution in [3.05, 3.63) is 63.8 Å². The summed E-state index contributed by atoms with van der Waals surface area (Å²) in [6.45, 7) is 0. The molecule has 4 aromatic rings. The molecular weight excluding hydrogens is 293 g/mol. The van der Waals surface area contributed by atoms with E-state index in [4.69, 9.17) is 11.6 Å². The quantitative estimate of drug-likeness (QED) is 0.370. The summed E-state index contributed by atoms with van der Waals surface area (Å²) >= 11 is 6.12. The summed E-state index contributed by atoms with van der Waals surface area (Å²) < 4.78 is 14.4. The highest BCUT2D eigenvalue weighted by Gasteiger charge is 2.12. The third kappa shape index (κ3) is 1.71. The van der Waals surface area contributed by atoms with Gasteiger partial charge in [-0.2, -0.15) is 9.61 Å². The van der Waals surface area contributed by atoms with E-state index in [1.54, 1.807) is 0 Å². The Labute approximate surface area is 122 Å². The van der Waals surface area contributed by atoms with Crippen LogP contribution in [-0.4, -0.2) is 14.6 Å². The fourth-order valence-corrected chi connectivity index (χ4v) is 2.66. The summed E-state index contributed by atoms with van der Waals surface area (Å²) in [7, 11) is 0. The lowest BCUT2D eigenvalue weighted by Gasteiger charge is -2.07. The fourth-order valence-electron chi connectivity index (χ4n) is 2.42. The van der Waals surface area contributed by atoms with Gasteiger partial charge in [0, 0.05) is 10.8 Å². The number of nitrogens with zero attached hydrogens (tertiary/aromatic N) is 3. The largest absolute Gasteiger partial charge is 0.282 e. The van der Waals surface area contributed by atoms with Gasteiger partial charge in [0.15, 0.2) is 10.8 Å². The summed E-state index contributed by atoms with van der Waals surface area (Å²) in [4.78, 5) is 16.9. The monoisotopic (exact) mass is 299 g/mol. The Bertz CT molecular complexity index is 1090. The van der Waals surface area contributed by atoms with E-state index in [0.29, 0.717) is 16.6 Å². The molecule has 0 bridgehead atoms. The molecule has 0 saturated carbocycles. The molecule has 0 aliphatic carbocycles. The maximum atomic E-state index is 13.3. The molecule has 2 aromatic heterocycles. The molecule has 0 radical (unpaired) electrons. The van der Waals surface area contributed by atoms with Crippen molar-refractivity contribution in [1.82, 2.24) is 14.6 Å². The first-order valence-electron chi connectivity index (χ1n) is 6.22. The lowest BCUT2D eigenvalue weighted by atomic mass is 10.2. The third-order valence-corrected chi connectivity index (χ3v) is 3.67. The van der Waals surface area contributed by atoms with Crippen molar-refractivity contribution in [2.45, 2.75) is 0 Å².